The van der Waals surface area contributed by atoms with Gasteiger partial charge in [-0.25, -0.2) is 29.9 Å². The predicted molar refractivity (Wildman–Crippen MR) is 299 cm³/mol. The molecule has 2 saturated carbocycles. The first-order valence-corrected chi connectivity index (χ1v) is 26.3. The Morgan fingerprint density at radius 2 is 0.649 bits per heavy atom. The minimum Gasteiger partial charge on any atom is -0.208 e. The number of rotatable bonds is 11. The molecule has 2 fully saturated rings. The van der Waals surface area contributed by atoms with E-state index < -0.39 is 0 Å². The van der Waals surface area contributed by atoms with Crippen molar-refractivity contribution in [1.82, 2.24) is 29.9 Å². The molecular formula is C67H55N7. The van der Waals surface area contributed by atoms with E-state index in [1.54, 1.807) is 0 Å². The van der Waals surface area contributed by atoms with Gasteiger partial charge in [0.25, 0.3) is 0 Å². The average Bonchev–Trinajstić information content (AvgIpc) is 3.51. The summed E-state index contributed by atoms with van der Waals surface area (Å²) in [5.41, 5.74) is 14.5. The molecule has 2 aromatic heterocycles. The van der Waals surface area contributed by atoms with Crippen LogP contribution in [-0.2, 0) is 0 Å². The van der Waals surface area contributed by atoms with Gasteiger partial charge in [0, 0.05) is 38.9 Å². The van der Waals surface area contributed by atoms with E-state index in [-0.39, 0.29) is 0 Å². The molecule has 2 heterocycles. The van der Waals surface area contributed by atoms with E-state index in [9.17, 15) is 5.26 Å². The maximum Gasteiger partial charge on any atom is 0.164 e. The van der Waals surface area contributed by atoms with Crippen LogP contribution in [0.1, 0.15) is 92.7 Å². The zero-order chi connectivity index (χ0) is 49.6. The van der Waals surface area contributed by atoms with Crippen LogP contribution in [0, 0.1) is 11.3 Å². The summed E-state index contributed by atoms with van der Waals surface area (Å²) in [4.78, 5) is 31.8. The monoisotopic (exact) mass is 957 g/mol. The Morgan fingerprint density at radius 1 is 0.284 bits per heavy atom. The maximum absolute atomic E-state index is 10.6. The lowest BCUT2D eigenvalue weighted by Gasteiger charge is -2.24. The van der Waals surface area contributed by atoms with Gasteiger partial charge < -0.3 is 0 Å². The maximum atomic E-state index is 10.6. The first-order chi connectivity index (χ1) is 36.7. The molecule has 7 heteroatoms. The molecule has 0 spiro atoms. The van der Waals surface area contributed by atoms with Gasteiger partial charge in [0.15, 0.2) is 34.9 Å². The van der Waals surface area contributed by atoms with E-state index in [1.807, 2.05) is 60.7 Å². The summed E-state index contributed by atoms with van der Waals surface area (Å²) >= 11 is 0. The molecule has 0 bridgehead atoms. The Hall–Kier alpha value is -8.73. The fraction of sp³-hybridized carbons (Fsp3) is 0.179. The molecule has 0 atom stereocenters. The molecule has 0 radical (unpaired) electrons. The molecule has 0 saturated heterocycles. The van der Waals surface area contributed by atoms with Crippen LogP contribution in [0.15, 0.2) is 200 Å². The van der Waals surface area contributed by atoms with Gasteiger partial charge in [0.05, 0.1) is 11.6 Å². The SMILES string of the molecule is N#Cc1ccccc1-c1ccc(-c2ccccc2-c2nc(-c3ccccc3)nc(-c3ccccc3C3CCCCC3)n2)cc1-c1ccccc1-c1nc(-c2ccccc2)nc(-c2ccccc2C2CCCCC2)n1. The number of hydrogen-bond donors (Lipinski definition) is 0. The Kier molecular flexibility index (Phi) is 13.3. The van der Waals surface area contributed by atoms with Crippen LogP contribution in [0.5, 0.6) is 0 Å². The van der Waals surface area contributed by atoms with Crippen molar-refractivity contribution in [3.8, 4) is 108 Å². The predicted octanol–water partition coefficient (Wildman–Crippen LogP) is 17.0. The summed E-state index contributed by atoms with van der Waals surface area (Å²) in [5.74, 6) is 4.68. The van der Waals surface area contributed by atoms with Gasteiger partial charge in [-0.2, -0.15) is 5.26 Å². The van der Waals surface area contributed by atoms with E-state index >= 15 is 0 Å². The molecule has 0 unspecified atom stereocenters. The zero-order valence-corrected chi connectivity index (χ0v) is 41.4. The van der Waals surface area contributed by atoms with Crippen molar-refractivity contribution >= 4 is 0 Å². The second-order valence-electron chi connectivity index (χ2n) is 19.7. The Morgan fingerprint density at radius 3 is 1.15 bits per heavy atom. The highest BCUT2D eigenvalue weighted by Gasteiger charge is 2.26. The third-order valence-corrected chi connectivity index (χ3v) is 15.1. The first kappa shape index (κ1) is 46.3. The van der Waals surface area contributed by atoms with Gasteiger partial charge in [0.2, 0.25) is 0 Å². The molecule has 358 valence electrons. The summed E-state index contributed by atoms with van der Waals surface area (Å²) in [7, 11) is 0. The van der Waals surface area contributed by atoms with Crippen molar-refractivity contribution in [2.75, 3.05) is 0 Å². The molecule has 0 amide bonds. The van der Waals surface area contributed by atoms with E-state index in [1.165, 1.54) is 62.5 Å². The molecule has 12 rings (SSSR count). The smallest absolute Gasteiger partial charge is 0.164 e. The Bertz CT molecular complexity index is 3660. The third kappa shape index (κ3) is 9.43. The highest BCUT2D eigenvalue weighted by molar-refractivity contribution is 5.95. The average molecular weight is 958 g/mol. The minimum atomic E-state index is 0.451. The summed E-state index contributed by atoms with van der Waals surface area (Å²) in [6.07, 6.45) is 12.1. The number of aromatic nitrogens is 6. The molecule has 2 aliphatic rings. The summed E-state index contributed by atoms with van der Waals surface area (Å²) < 4.78 is 0. The van der Waals surface area contributed by atoms with Crippen LogP contribution in [-0.4, -0.2) is 29.9 Å². The Balaban J connectivity index is 1.05. The topological polar surface area (TPSA) is 101 Å². The van der Waals surface area contributed by atoms with Gasteiger partial charge in [-0.1, -0.05) is 227 Å². The quantitative estimate of drug-likeness (QED) is 0.127. The fourth-order valence-electron chi connectivity index (χ4n) is 11.4. The van der Waals surface area contributed by atoms with Gasteiger partial charge in [-0.3, -0.25) is 0 Å². The van der Waals surface area contributed by atoms with Crippen molar-refractivity contribution in [2.45, 2.75) is 76.0 Å². The summed E-state index contributed by atoms with van der Waals surface area (Å²) in [6.45, 7) is 0. The van der Waals surface area contributed by atoms with E-state index in [0.29, 0.717) is 52.3 Å². The van der Waals surface area contributed by atoms with Crippen molar-refractivity contribution in [3.05, 3.63) is 217 Å². The van der Waals surface area contributed by atoms with Gasteiger partial charge in [-0.15, -0.1) is 0 Å². The second kappa shape index (κ2) is 21.2. The van der Waals surface area contributed by atoms with Crippen molar-refractivity contribution in [3.63, 3.8) is 0 Å². The lowest BCUT2D eigenvalue weighted by Crippen LogP contribution is -2.08. The number of hydrogen-bond acceptors (Lipinski definition) is 7. The van der Waals surface area contributed by atoms with Gasteiger partial charge >= 0.3 is 0 Å². The fourth-order valence-corrected chi connectivity index (χ4v) is 11.4. The van der Waals surface area contributed by atoms with E-state index in [2.05, 4.69) is 146 Å². The number of nitriles is 1. The largest absolute Gasteiger partial charge is 0.208 e. The standard InChI is InChI=1S/C67H55N7/c68-44-50-31-13-14-35-54(50)56-42-41-49(53-34-17-21-39-59(53)66-71-62(47-27-9-3-10-28-47)69-64(73-66)57-37-19-15-32-51(57)45-23-5-1-6-24-45)43-61(56)55-36-18-22-40-60(55)67-72-63(48-29-11-4-12-30-48)70-65(74-67)58-38-20-16-33-52(58)46-25-7-2-8-26-46/h3-4,9-22,27-43,45-46H,1-2,5-8,23-26H2. The van der Waals surface area contributed by atoms with Crippen LogP contribution in [0.3, 0.4) is 0 Å². The van der Waals surface area contributed by atoms with Crippen LogP contribution < -0.4 is 0 Å². The Labute approximate surface area is 433 Å². The highest BCUT2D eigenvalue weighted by Crippen LogP contribution is 2.44. The van der Waals surface area contributed by atoms with Crippen LogP contribution in [0.2, 0.25) is 0 Å². The van der Waals surface area contributed by atoms with Crippen LogP contribution in [0.4, 0.5) is 0 Å². The molecule has 2 aliphatic carbocycles. The first-order valence-electron chi connectivity index (χ1n) is 26.3. The summed E-state index contributed by atoms with van der Waals surface area (Å²) in [6, 6.07) is 71.5. The van der Waals surface area contributed by atoms with Gasteiger partial charge in [0.1, 0.15) is 0 Å². The molecule has 0 aliphatic heterocycles. The van der Waals surface area contributed by atoms with Crippen LogP contribution in [0.25, 0.3) is 102 Å². The number of nitrogens with zero attached hydrogens (tertiary/aromatic N) is 7. The summed E-state index contributed by atoms with van der Waals surface area (Å²) in [5, 5.41) is 10.6. The van der Waals surface area contributed by atoms with Crippen molar-refractivity contribution in [1.29, 1.82) is 5.26 Å². The second-order valence-corrected chi connectivity index (χ2v) is 19.7. The van der Waals surface area contributed by atoms with Gasteiger partial charge in [-0.05, 0) is 88.6 Å². The zero-order valence-electron chi connectivity index (χ0n) is 41.4. The lowest BCUT2D eigenvalue weighted by atomic mass is 9.82. The molecule has 0 N–H and O–H groups in total. The van der Waals surface area contributed by atoms with Crippen molar-refractivity contribution in [2.24, 2.45) is 0 Å². The molecule has 74 heavy (non-hydrogen) atoms. The third-order valence-electron chi connectivity index (χ3n) is 15.1. The van der Waals surface area contributed by atoms with Crippen molar-refractivity contribution < 1.29 is 0 Å². The normalized spacial score (nSPS) is 14.1. The number of benzene rings is 8. The molecule has 10 aromatic rings. The lowest BCUT2D eigenvalue weighted by molar-refractivity contribution is 0.444. The van der Waals surface area contributed by atoms with Crippen LogP contribution >= 0.6 is 0 Å². The van der Waals surface area contributed by atoms with E-state index in [4.69, 9.17) is 29.9 Å². The molecule has 7 nitrogen and oxygen atoms in total. The molecule has 8 aromatic carbocycles. The molecular weight excluding hydrogens is 903 g/mol. The minimum absolute atomic E-state index is 0.451. The highest BCUT2D eigenvalue weighted by atomic mass is 15.0. The van der Waals surface area contributed by atoms with E-state index in [0.717, 1.165) is 79.6 Å².